The van der Waals surface area contributed by atoms with Crippen LogP contribution >= 0.6 is 0 Å². The van der Waals surface area contributed by atoms with Crippen molar-refractivity contribution in [3.05, 3.63) is 23.8 Å². The van der Waals surface area contributed by atoms with Crippen molar-refractivity contribution in [2.75, 3.05) is 13.7 Å². The third-order valence-corrected chi connectivity index (χ3v) is 1.63. The van der Waals surface area contributed by atoms with Crippen molar-refractivity contribution in [2.45, 2.75) is 33.1 Å². The first kappa shape index (κ1) is 11.4. The van der Waals surface area contributed by atoms with Crippen LogP contribution < -0.4 is 0 Å². The molecule has 0 spiro atoms. The van der Waals surface area contributed by atoms with Crippen LogP contribution in [0.15, 0.2) is 23.8 Å². The van der Waals surface area contributed by atoms with E-state index in [2.05, 4.69) is 32.1 Å². The van der Waals surface area contributed by atoms with Crippen LogP contribution in [0.5, 0.6) is 0 Å². The molecule has 70 valence electrons. The SMILES string of the molecule is CC/C=C\C(=C/CC)CCOC. The molecule has 0 saturated heterocycles. The summed E-state index contributed by atoms with van der Waals surface area (Å²) >= 11 is 0. The Morgan fingerprint density at radius 3 is 2.50 bits per heavy atom. The minimum absolute atomic E-state index is 0.819. The number of allylic oxidation sites excluding steroid dienone is 3. The number of methoxy groups -OCH3 is 1. The number of hydrogen-bond acceptors (Lipinski definition) is 1. The van der Waals surface area contributed by atoms with E-state index >= 15 is 0 Å². The lowest BCUT2D eigenvalue weighted by Crippen LogP contribution is -1.89. The molecular formula is C11H20O. The highest BCUT2D eigenvalue weighted by Gasteiger charge is 1.90. The number of ether oxygens (including phenoxy) is 1. The standard InChI is InChI=1S/C11H20O/c1-4-6-8-11(7-5-2)9-10-12-3/h6-8H,4-5,9-10H2,1-3H3/b8-6-,11-7+. The van der Waals surface area contributed by atoms with Crippen molar-refractivity contribution in [3.63, 3.8) is 0 Å². The Bertz CT molecular complexity index is 145. The van der Waals surface area contributed by atoms with E-state index in [1.165, 1.54) is 5.57 Å². The Hall–Kier alpha value is -0.560. The van der Waals surface area contributed by atoms with Crippen LogP contribution in [0.25, 0.3) is 0 Å². The molecule has 0 aromatic rings. The van der Waals surface area contributed by atoms with Gasteiger partial charge in [-0.05, 0) is 19.3 Å². The summed E-state index contributed by atoms with van der Waals surface area (Å²) in [5.74, 6) is 0. The van der Waals surface area contributed by atoms with Crippen molar-refractivity contribution in [2.24, 2.45) is 0 Å². The zero-order chi connectivity index (χ0) is 9.23. The zero-order valence-corrected chi connectivity index (χ0v) is 8.47. The second-order valence-electron chi connectivity index (χ2n) is 2.74. The maximum absolute atomic E-state index is 5.02. The maximum atomic E-state index is 5.02. The number of rotatable bonds is 6. The van der Waals surface area contributed by atoms with E-state index < -0.39 is 0 Å². The molecule has 0 saturated carbocycles. The van der Waals surface area contributed by atoms with Crippen LogP contribution in [-0.4, -0.2) is 13.7 Å². The largest absolute Gasteiger partial charge is 0.384 e. The summed E-state index contributed by atoms with van der Waals surface area (Å²) < 4.78 is 5.02. The molecule has 0 bridgehead atoms. The summed E-state index contributed by atoms with van der Waals surface area (Å²) in [6, 6.07) is 0. The van der Waals surface area contributed by atoms with Gasteiger partial charge in [0.05, 0.1) is 6.61 Å². The molecule has 0 aromatic carbocycles. The highest BCUT2D eigenvalue weighted by molar-refractivity contribution is 5.18. The van der Waals surface area contributed by atoms with Crippen LogP contribution in [-0.2, 0) is 4.74 Å². The lowest BCUT2D eigenvalue weighted by Gasteiger charge is -2.00. The fourth-order valence-corrected chi connectivity index (χ4v) is 1.00. The van der Waals surface area contributed by atoms with Crippen molar-refractivity contribution in [3.8, 4) is 0 Å². The van der Waals surface area contributed by atoms with Gasteiger partial charge in [0.15, 0.2) is 0 Å². The first-order valence-electron chi connectivity index (χ1n) is 4.69. The monoisotopic (exact) mass is 168 g/mol. The Balaban J connectivity index is 3.86. The van der Waals surface area contributed by atoms with Gasteiger partial charge in [0.25, 0.3) is 0 Å². The molecule has 0 aromatic heterocycles. The molecule has 0 amide bonds. The fourth-order valence-electron chi connectivity index (χ4n) is 1.00. The molecule has 0 aliphatic heterocycles. The highest BCUT2D eigenvalue weighted by Crippen LogP contribution is 2.05. The molecule has 1 heteroatoms. The molecule has 0 rings (SSSR count). The molecule has 0 heterocycles. The van der Waals surface area contributed by atoms with Gasteiger partial charge in [-0.1, -0.05) is 37.6 Å². The summed E-state index contributed by atoms with van der Waals surface area (Å²) in [6.07, 6.45) is 9.88. The predicted octanol–water partition coefficient (Wildman–Crippen LogP) is 3.33. The quantitative estimate of drug-likeness (QED) is 0.553. The average molecular weight is 168 g/mol. The van der Waals surface area contributed by atoms with Crippen LogP contribution in [0.3, 0.4) is 0 Å². The van der Waals surface area contributed by atoms with Gasteiger partial charge in [-0.25, -0.2) is 0 Å². The molecule has 12 heavy (non-hydrogen) atoms. The summed E-state index contributed by atoms with van der Waals surface area (Å²) in [5.41, 5.74) is 1.39. The minimum Gasteiger partial charge on any atom is -0.384 e. The molecule has 0 aliphatic rings. The van der Waals surface area contributed by atoms with Gasteiger partial charge < -0.3 is 4.74 Å². The topological polar surface area (TPSA) is 9.23 Å². The van der Waals surface area contributed by atoms with Crippen LogP contribution in [0.1, 0.15) is 33.1 Å². The Kier molecular flexibility index (Phi) is 8.14. The summed E-state index contributed by atoms with van der Waals surface area (Å²) in [6.45, 7) is 5.13. The second kappa shape index (κ2) is 8.54. The van der Waals surface area contributed by atoms with E-state index in [0.29, 0.717) is 0 Å². The Morgan fingerprint density at radius 1 is 1.25 bits per heavy atom. The van der Waals surface area contributed by atoms with Gasteiger partial charge in [0.2, 0.25) is 0 Å². The highest BCUT2D eigenvalue weighted by atomic mass is 16.5. The maximum Gasteiger partial charge on any atom is 0.0502 e. The molecule has 0 radical (unpaired) electrons. The van der Waals surface area contributed by atoms with Crippen molar-refractivity contribution in [1.82, 2.24) is 0 Å². The minimum atomic E-state index is 0.819. The van der Waals surface area contributed by atoms with Gasteiger partial charge in [0, 0.05) is 7.11 Å². The van der Waals surface area contributed by atoms with Crippen LogP contribution in [0, 0.1) is 0 Å². The van der Waals surface area contributed by atoms with E-state index in [1.54, 1.807) is 7.11 Å². The Labute approximate surface area is 76.1 Å². The fraction of sp³-hybridized carbons (Fsp3) is 0.636. The van der Waals surface area contributed by atoms with Crippen LogP contribution in [0.4, 0.5) is 0 Å². The summed E-state index contributed by atoms with van der Waals surface area (Å²) in [5, 5.41) is 0. The summed E-state index contributed by atoms with van der Waals surface area (Å²) in [4.78, 5) is 0. The van der Waals surface area contributed by atoms with Crippen molar-refractivity contribution >= 4 is 0 Å². The van der Waals surface area contributed by atoms with E-state index in [9.17, 15) is 0 Å². The molecule has 1 nitrogen and oxygen atoms in total. The molecule has 0 unspecified atom stereocenters. The van der Waals surface area contributed by atoms with E-state index in [-0.39, 0.29) is 0 Å². The zero-order valence-electron chi connectivity index (χ0n) is 8.47. The first-order chi connectivity index (χ1) is 5.85. The molecule has 0 aliphatic carbocycles. The third kappa shape index (κ3) is 6.17. The number of hydrogen-bond donors (Lipinski definition) is 0. The normalized spacial score (nSPS) is 12.8. The van der Waals surface area contributed by atoms with E-state index in [0.717, 1.165) is 25.9 Å². The van der Waals surface area contributed by atoms with Gasteiger partial charge in [0.1, 0.15) is 0 Å². The summed E-state index contributed by atoms with van der Waals surface area (Å²) in [7, 11) is 1.74. The lowest BCUT2D eigenvalue weighted by molar-refractivity contribution is 0.203. The van der Waals surface area contributed by atoms with Crippen LogP contribution in [0.2, 0.25) is 0 Å². The molecule has 0 N–H and O–H groups in total. The predicted molar refractivity (Wildman–Crippen MR) is 54.3 cm³/mol. The third-order valence-electron chi connectivity index (χ3n) is 1.63. The van der Waals surface area contributed by atoms with Crippen molar-refractivity contribution in [1.29, 1.82) is 0 Å². The lowest BCUT2D eigenvalue weighted by atomic mass is 10.1. The second-order valence-corrected chi connectivity index (χ2v) is 2.74. The Morgan fingerprint density at radius 2 is 2.00 bits per heavy atom. The van der Waals surface area contributed by atoms with E-state index in [4.69, 9.17) is 4.74 Å². The molecule has 0 atom stereocenters. The molecule has 0 fully saturated rings. The van der Waals surface area contributed by atoms with Crippen molar-refractivity contribution < 1.29 is 4.74 Å². The van der Waals surface area contributed by atoms with Gasteiger partial charge >= 0.3 is 0 Å². The average Bonchev–Trinajstić information content (AvgIpc) is 2.10. The van der Waals surface area contributed by atoms with Gasteiger partial charge in [-0.3, -0.25) is 0 Å². The van der Waals surface area contributed by atoms with Gasteiger partial charge in [-0.2, -0.15) is 0 Å². The van der Waals surface area contributed by atoms with Gasteiger partial charge in [-0.15, -0.1) is 0 Å². The van der Waals surface area contributed by atoms with E-state index in [1.807, 2.05) is 0 Å². The molecular weight excluding hydrogens is 148 g/mol. The first-order valence-corrected chi connectivity index (χ1v) is 4.69. The smallest absolute Gasteiger partial charge is 0.0502 e.